The first-order chi connectivity index (χ1) is 20.5. The van der Waals surface area contributed by atoms with E-state index in [0.29, 0.717) is 28.8 Å². The van der Waals surface area contributed by atoms with Crippen LogP contribution in [-0.4, -0.2) is 22.9 Å². The second-order valence-electron chi connectivity index (χ2n) is 11.0. The molecule has 5 rings (SSSR count). The van der Waals surface area contributed by atoms with Crippen LogP contribution >= 0.6 is 0 Å². The lowest BCUT2D eigenvalue weighted by Gasteiger charge is -2.20. The molecule has 224 valence electrons. The quantitative estimate of drug-likeness (QED) is 0.200. The van der Waals surface area contributed by atoms with Gasteiger partial charge in [0.1, 0.15) is 17.4 Å². The van der Waals surface area contributed by atoms with Gasteiger partial charge in [0.15, 0.2) is 0 Å². The highest BCUT2D eigenvalue weighted by atomic mass is 19.4. The van der Waals surface area contributed by atoms with Crippen molar-refractivity contribution in [3.05, 3.63) is 95.6 Å². The van der Waals surface area contributed by atoms with E-state index < -0.39 is 23.5 Å². The van der Waals surface area contributed by atoms with Crippen molar-refractivity contribution in [1.82, 2.24) is 9.97 Å². The molecule has 0 radical (unpaired) electrons. The van der Waals surface area contributed by atoms with Gasteiger partial charge in [-0.15, -0.1) is 0 Å². The number of hydrogen-bond acceptors (Lipinski definition) is 5. The molecule has 2 atom stereocenters. The van der Waals surface area contributed by atoms with Crippen molar-refractivity contribution in [3.8, 4) is 22.8 Å². The Morgan fingerprint density at radius 1 is 1.00 bits per heavy atom. The van der Waals surface area contributed by atoms with Crippen molar-refractivity contribution >= 4 is 17.4 Å². The number of hydrogen-bond donors (Lipinski definition) is 2. The molecule has 2 aromatic heterocycles. The van der Waals surface area contributed by atoms with E-state index in [1.807, 2.05) is 6.07 Å². The summed E-state index contributed by atoms with van der Waals surface area (Å²) in [7, 11) is 1.75. The van der Waals surface area contributed by atoms with Crippen LogP contribution in [0.4, 0.5) is 29.1 Å². The highest BCUT2D eigenvalue weighted by Crippen LogP contribution is 2.45. The molecule has 1 aliphatic rings. The van der Waals surface area contributed by atoms with Crippen LogP contribution in [0.5, 0.6) is 11.6 Å². The van der Waals surface area contributed by atoms with E-state index in [-0.39, 0.29) is 28.8 Å². The number of halogens is 4. The average Bonchev–Trinajstić information content (AvgIpc) is 3.48. The number of rotatable bonds is 8. The lowest BCUT2D eigenvalue weighted by Crippen LogP contribution is -2.17. The van der Waals surface area contributed by atoms with Crippen molar-refractivity contribution < 1.29 is 27.1 Å². The molecule has 1 unspecified atom stereocenters. The molecule has 1 amide bonds. The number of ether oxygens (including phenoxy) is 1. The maximum atomic E-state index is 15.0. The number of nitrogens with zero attached hydrogens (tertiary/aromatic N) is 2. The molecule has 2 aromatic carbocycles. The largest absolute Gasteiger partial charge is 0.438 e. The summed E-state index contributed by atoms with van der Waals surface area (Å²) in [4.78, 5) is 21.9. The third-order valence-corrected chi connectivity index (χ3v) is 7.98. The van der Waals surface area contributed by atoms with Crippen molar-refractivity contribution in [2.75, 3.05) is 17.7 Å². The van der Waals surface area contributed by atoms with Crippen LogP contribution in [0, 0.1) is 17.7 Å². The van der Waals surface area contributed by atoms with Crippen molar-refractivity contribution in [2.45, 2.75) is 45.2 Å². The standard InChI is InChI=1S/C33H32F4N4O2/c1-19(2)20-6-7-21(15-20)25-10-8-23(33(35,36)37)17-29(25)41-31(42)27-18-24(9-11-28(27)34)43-32-26(5-4-13-40-32)22-12-14-39-30(16-22)38-3/h4-5,8-14,16-21H,6-7,15H2,1-3H3,(H,38,39)(H,41,42)/t20-,21?/m0/s1. The predicted molar refractivity (Wildman–Crippen MR) is 158 cm³/mol. The number of pyridine rings is 2. The zero-order chi connectivity index (χ0) is 30.7. The lowest BCUT2D eigenvalue weighted by atomic mass is 9.90. The van der Waals surface area contributed by atoms with Crippen LogP contribution in [0.3, 0.4) is 0 Å². The minimum Gasteiger partial charge on any atom is -0.438 e. The minimum absolute atomic E-state index is 0.0105. The maximum Gasteiger partial charge on any atom is 0.416 e. The van der Waals surface area contributed by atoms with Crippen molar-refractivity contribution in [1.29, 1.82) is 0 Å². The number of benzene rings is 2. The molecule has 0 bridgehead atoms. The van der Waals surface area contributed by atoms with Gasteiger partial charge in [0.05, 0.1) is 11.1 Å². The molecular weight excluding hydrogens is 560 g/mol. The third kappa shape index (κ3) is 6.79. The van der Waals surface area contributed by atoms with E-state index in [1.165, 1.54) is 24.4 Å². The van der Waals surface area contributed by atoms with Gasteiger partial charge >= 0.3 is 6.18 Å². The summed E-state index contributed by atoms with van der Waals surface area (Å²) in [6, 6.07) is 14.2. The van der Waals surface area contributed by atoms with Crippen molar-refractivity contribution in [2.24, 2.45) is 11.8 Å². The van der Waals surface area contributed by atoms with E-state index in [0.717, 1.165) is 43.0 Å². The number of carbonyl (C=O) groups excluding carboxylic acids is 1. The van der Waals surface area contributed by atoms with Crippen LogP contribution in [0.15, 0.2) is 73.1 Å². The van der Waals surface area contributed by atoms with E-state index in [9.17, 15) is 22.4 Å². The summed E-state index contributed by atoms with van der Waals surface area (Å²) in [5, 5.41) is 5.55. The van der Waals surface area contributed by atoms with Gasteiger partial charge < -0.3 is 15.4 Å². The summed E-state index contributed by atoms with van der Waals surface area (Å²) in [6.07, 6.45) is 1.14. The third-order valence-electron chi connectivity index (χ3n) is 7.98. The molecule has 1 aliphatic carbocycles. The Balaban J connectivity index is 1.44. The molecule has 1 fully saturated rings. The summed E-state index contributed by atoms with van der Waals surface area (Å²) < 4.78 is 61.8. The zero-order valence-corrected chi connectivity index (χ0v) is 24.0. The number of carbonyl (C=O) groups is 1. The van der Waals surface area contributed by atoms with Gasteiger partial charge in [0, 0.05) is 30.7 Å². The Bertz CT molecular complexity index is 1620. The number of aromatic nitrogens is 2. The normalized spacial score (nSPS) is 16.7. The molecule has 10 heteroatoms. The first-order valence-corrected chi connectivity index (χ1v) is 14.1. The van der Waals surface area contributed by atoms with Crippen LogP contribution in [0.2, 0.25) is 0 Å². The van der Waals surface area contributed by atoms with Crippen LogP contribution in [0.1, 0.15) is 60.5 Å². The summed E-state index contributed by atoms with van der Waals surface area (Å²) in [5.41, 5.74) is 0.806. The Labute approximate surface area is 247 Å². The zero-order valence-electron chi connectivity index (χ0n) is 24.0. The van der Waals surface area contributed by atoms with Crippen molar-refractivity contribution in [3.63, 3.8) is 0 Å². The number of anilines is 2. The van der Waals surface area contributed by atoms with Gasteiger partial charge in [-0.25, -0.2) is 14.4 Å². The fourth-order valence-electron chi connectivity index (χ4n) is 5.57. The number of amides is 1. The molecule has 2 N–H and O–H groups in total. The summed E-state index contributed by atoms with van der Waals surface area (Å²) in [5.74, 6) is 0.143. The van der Waals surface area contributed by atoms with E-state index in [4.69, 9.17) is 4.74 Å². The molecule has 6 nitrogen and oxygen atoms in total. The minimum atomic E-state index is -4.60. The fourth-order valence-corrected chi connectivity index (χ4v) is 5.57. The van der Waals surface area contributed by atoms with Crippen LogP contribution < -0.4 is 15.4 Å². The predicted octanol–water partition coefficient (Wildman–Crippen LogP) is 8.93. The molecule has 4 aromatic rings. The first kappa shape index (κ1) is 30.0. The number of nitrogens with one attached hydrogen (secondary N) is 2. The first-order valence-electron chi connectivity index (χ1n) is 14.1. The van der Waals surface area contributed by atoms with Gasteiger partial charge in [-0.1, -0.05) is 19.9 Å². The Hall–Kier alpha value is -4.47. The van der Waals surface area contributed by atoms with Gasteiger partial charge in [0.25, 0.3) is 5.91 Å². The molecule has 0 spiro atoms. The smallest absolute Gasteiger partial charge is 0.416 e. The lowest BCUT2D eigenvalue weighted by molar-refractivity contribution is -0.137. The topological polar surface area (TPSA) is 76.1 Å². The van der Waals surface area contributed by atoms with Gasteiger partial charge in [-0.2, -0.15) is 13.2 Å². The monoisotopic (exact) mass is 592 g/mol. The number of alkyl halides is 3. The Morgan fingerprint density at radius 2 is 1.81 bits per heavy atom. The summed E-state index contributed by atoms with van der Waals surface area (Å²) >= 11 is 0. The second kappa shape index (κ2) is 12.4. The van der Waals surface area contributed by atoms with Gasteiger partial charge in [0.2, 0.25) is 5.88 Å². The van der Waals surface area contributed by atoms with E-state index >= 15 is 0 Å². The van der Waals surface area contributed by atoms with E-state index in [2.05, 4.69) is 34.4 Å². The summed E-state index contributed by atoms with van der Waals surface area (Å²) in [6.45, 7) is 4.26. The van der Waals surface area contributed by atoms with Gasteiger partial charge in [-0.05, 0) is 103 Å². The molecule has 43 heavy (non-hydrogen) atoms. The maximum absolute atomic E-state index is 15.0. The second-order valence-corrected chi connectivity index (χ2v) is 11.0. The molecular formula is C33H32F4N4O2. The molecule has 0 aliphatic heterocycles. The fraction of sp³-hybridized carbons (Fsp3) is 0.303. The SMILES string of the molecule is CNc1cc(-c2cccnc2Oc2ccc(F)c(C(=O)Nc3cc(C(F)(F)F)ccc3C3CC[C@H](C(C)C)C3)c2)ccn1. The van der Waals surface area contributed by atoms with Gasteiger partial charge in [-0.3, -0.25) is 4.79 Å². The molecule has 1 saturated carbocycles. The van der Waals surface area contributed by atoms with Crippen LogP contribution in [0.25, 0.3) is 11.1 Å². The highest BCUT2D eigenvalue weighted by molar-refractivity contribution is 6.05. The Kier molecular flexibility index (Phi) is 8.66. The van der Waals surface area contributed by atoms with E-state index in [1.54, 1.807) is 31.4 Å². The van der Waals surface area contributed by atoms with Crippen LogP contribution in [-0.2, 0) is 6.18 Å². The average molecular weight is 593 g/mol. The molecule has 2 heterocycles. The Morgan fingerprint density at radius 3 is 2.53 bits per heavy atom. The highest BCUT2D eigenvalue weighted by Gasteiger charge is 2.34. The molecule has 0 saturated heterocycles.